The van der Waals surface area contributed by atoms with Gasteiger partial charge in [0.2, 0.25) is 0 Å². The van der Waals surface area contributed by atoms with Crippen molar-refractivity contribution in [1.29, 1.82) is 5.26 Å². The van der Waals surface area contributed by atoms with E-state index in [0.717, 1.165) is 23.9 Å². The summed E-state index contributed by atoms with van der Waals surface area (Å²) in [5.41, 5.74) is 1.98. The molecule has 0 aliphatic rings. The molecule has 0 aliphatic heterocycles. The quantitative estimate of drug-likeness (QED) is 0.809. The molecule has 0 amide bonds. The van der Waals surface area contributed by atoms with Gasteiger partial charge in [0.25, 0.3) is 0 Å². The Labute approximate surface area is 115 Å². The Morgan fingerprint density at radius 1 is 1.11 bits per heavy atom. The second-order valence-corrected chi connectivity index (χ2v) is 4.83. The summed E-state index contributed by atoms with van der Waals surface area (Å²) in [6.45, 7) is 7.61. The van der Waals surface area contributed by atoms with Crippen LogP contribution < -0.4 is 4.90 Å². The van der Waals surface area contributed by atoms with Crippen molar-refractivity contribution in [1.82, 2.24) is 0 Å². The maximum absolute atomic E-state index is 9.21. The molecule has 0 saturated carbocycles. The molecule has 2 rings (SSSR count). The predicted molar refractivity (Wildman–Crippen MR) is 81.4 cm³/mol. The Bertz CT molecular complexity index is 610. The first-order valence-electron chi connectivity index (χ1n) is 6.91. The third-order valence-electron chi connectivity index (χ3n) is 3.79. The van der Waals surface area contributed by atoms with Gasteiger partial charge >= 0.3 is 0 Å². The van der Waals surface area contributed by atoms with Crippen LogP contribution >= 0.6 is 0 Å². The summed E-state index contributed by atoms with van der Waals surface area (Å²) in [5, 5.41) is 11.4. The Morgan fingerprint density at radius 2 is 1.79 bits per heavy atom. The molecule has 0 aromatic heterocycles. The zero-order valence-corrected chi connectivity index (χ0v) is 11.9. The SMILES string of the molecule is CCC(C)N(CC)c1ccc(C#N)c2ccccc12. The maximum atomic E-state index is 9.21. The molecule has 0 heterocycles. The van der Waals surface area contributed by atoms with Crippen LogP contribution in [0.25, 0.3) is 10.8 Å². The Morgan fingerprint density at radius 3 is 2.37 bits per heavy atom. The maximum Gasteiger partial charge on any atom is 0.0998 e. The first kappa shape index (κ1) is 13.4. The molecule has 0 bridgehead atoms. The van der Waals surface area contributed by atoms with Gasteiger partial charge in [0.05, 0.1) is 11.6 Å². The first-order chi connectivity index (χ1) is 9.22. The van der Waals surface area contributed by atoms with E-state index in [9.17, 15) is 5.26 Å². The van der Waals surface area contributed by atoms with Crippen molar-refractivity contribution in [3.63, 3.8) is 0 Å². The molecule has 98 valence electrons. The van der Waals surface area contributed by atoms with Crippen LogP contribution in [-0.4, -0.2) is 12.6 Å². The summed E-state index contributed by atoms with van der Waals surface area (Å²) < 4.78 is 0. The van der Waals surface area contributed by atoms with Crippen LogP contribution in [0.3, 0.4) is 0 Å². The Kier molecular flexibility index (Phi) is 4.06. The number of nitrogens with zero attached hydrogens (tertiary/aromatic N) is 2. The molecule has 1 unspecified atom stereocenters. The van der Waals surface area contributed by atoms with Gasteiger partial charge in [-0.1, -0.05) is 31.2 Å². The molecule has 0 fully saturated rings. The second-order valence-electron chi connectivity index (χ2n) is 4.83. The van der Waals surface area contributed by atoms with Crippen molar-refractivity contribution in [2.75, 3.05) is 11.4 Å². The number of hydrogen-bond donors (Lipinski definition) is 0. The van der Waals surface area contributed by atoms with Gasteiger partial charge in [0.15, 0.2) is 0 Å². The number of benzene rings is 2. The zero-order chi connectivity index (χ0) is 13.8. The van der Waals surface area contributed by atoms with Crippen LogP contribution in [0.5, 0.6) is 0 Å². The van der Waals surface area contributed by atoms with E-state index < -0.39 is 0 Å². The monoisotopic (exact) mass is 252 g/mol. The molecule has 2 nitrogen and oxygen atoms in total. The molecule has 0 spiro atoms. The van der Waals surface area contributed by atoms with Gasteiger partial charge in [0.1, 0.15) is 0 Å². The summed E-state index contributed by atoms with van der Waals surface area (Å²) >= 11 is 0. The topological polar surface area (TPSA) is 27.0 Å². The van der Waals surface area contributed by atoms with Crippen LogP contribution in [-0.2, 0) is 0 Å². The van der Waals surface area contributed by atoms with Crippen LogP contribution in [0.1, 0.15) is 32.8 Å². The minimum atomic E-state index is 0.501. The summed E-state index contributed by atoms with van der Waals surface area (Å²) in [4.78, 5) is 2.41. The molecule has 0 aliphatic carbocycles. The highest BCUT2D eigenvalue weighted by Crippen LogP contribution is 2.30. The average Bonchev–Trinajstić information content (AvgIpc) is 2.47. The number of rotatable bonds is 4. The van der Waals surface area contributed by atoms with Crippen molar-refractivity contribution in [2.24, 2.45) is 0 Å². The van der Waals surface area contributed by atoms with E-state index in [1.54, 1.807) is 0 Å². The molecule has 1 atom stereocenters. The van der Waals surface area contributed by atoms with Gasteiger partial charge < -0.3 is 4.90 Å². The van der Waals surface area contributed by atoms with E-state index in [1.165, 1.54) is 11.1 Å². The standard InChI is InChI=1S/C17H20N2/c1-4-13(3)19(5-2)17-11-10-14(12-18)15-8-6-7-9-16(15)17/h6-11,13H,4-5H2,1-3H3. The van der Waals surface area contributed by atoms with Crippen LogP contribution in [0, 0.1) is 11.3 Å². The molecule has 2 aromatic rings. The highest BCUT2D eigenvalue weighted by atomic mass is 15.1. The van der Waals surface area contributed by atoms with Crippen LogP contribution in [0.4, 0.5) is 5.69 Å². The third kappa shape index (κ3) is 2.42. The first-order valence-corrected chi connectivity index (χ1v) is 6.91. The van der Waals surface area contributed by atoms with E-state index in [4.69, 9.17) is 0 Å². The lowest BCUT2D eigenvalue weighted by Gasteiger charge is -2.30. The fourth-order valence-corrected chi connectivity index (χ4v) is 2.57. The normalized spacial score (nSPS) is 12.1. The minimum absolute atomic E-state index is 0.501. The lowest BCUT2D eigenvalue weighted by Crippen LogP contribution is -2.32. The molecule has 0 N–H and O–H groups in total. The highest BCUT2D eigenvalue weighted by molar-refractivity contribution is 5.97. The van der Waals surface area contributed by atoms with E-state index in [0.29, 0.717) is 6.04 Å². The third-order valence-corrected chi connectivity index (χ3v) is 3.79. The van der Waals surface area contributed by atoms with Crippen LogP contribution in [0.2, 0.25) is 0 Å². The van der Waals surface area contributed by atoms with Gasteiger partial charge in [-0.05, 0) is 32.4 Å². The fourth-order valence-electron chi connectivity index (χ4n) is 2.57. The number of fused-ring (bicyclic) bond motifs is 1. The Hall–Kier alpha value is -2.01. The fraction of sp³-hybridized carbons (Fsp3) is 0.353. The molecular weight excluding hydrogens is 232 g/mol. The van der Waals surface area contributed by atoms with Gasteiger partial charge in [-0.3, -0.25) is 0 Å². The van der Waals surface area contributed by atoms with Crippen LogP contribution in [0.15, 0.2) is 36.4 Å². The number of anilines is 1. The van der Waals surface area contributed by atoms with Crippen molar-refractivity contribution in [3.8, 4) is 6.07 Å². The zero-order valence-electron chi connectivity index (χ0n) is 11.9. The molecule has 2 heteroatoms. The van der Waals surface area contributed by atoms with Gasteiger partial charge in [-0.2, -0.15) is 5.26 Å². The lowest BCUT2D eigenvalue weighted by molar-refractivity contribution is 0.632. The Balaban J connectivity index is 2.65. The molecule has 2 aromatic carbocycles. The predicted octanol–water partition coefficient (Wildman–Crippen LogP) is 4.34. The van der Waals surface area contributed by atoms with E-state index in [2.05, 4.69) is 43.9 Å². The molecule has 19 heavy (non-hydrogen) atoms. The summed E-state index contributed by atoms with van der Waals surface area (Å²) in [6, 6.07) is 15.0. The number of nitriles is 1. The van der Waals surface area contributed by atoms with E-state index >= 15 is 0 Å². The van der Waals surface area contributed by atoms with Crippen molar-refractivity contribution in [2.45, 2.75) is 33.2 Å². The molecular formula is C17H20N2. The van der Waals surface area contributed by atoms with Crippen molar-refractivity contribution >= 4 is 16.5 Å². The van der Waals surface area contributed by atoms with Gasteiger partial charge in [-0.15, -0.1) is 0 Å². The highest BCUT2D eigenvalue weighted by Gasteiger charge is 2.14. The summed E-state index contributed by atoms with van der Waals surface area (Å²) in [6.07, 6.45) is 1.11. The largest absolute Gasteiger partial charge is 0.369 e. The summed E-state index contributed by atoms with van der Waals surface area (Å²) in [7, 11) is 0. The molecule has 0 saturated heterocycles. The smallest absolute Gasteiger partial charge is 0.0998 e. The number of hydrogen-bond acceptors (Lipinski definition) is 2. The summed E-state index contributed by atoms with van der Waals surface area (Å²) in [5.74, 6) is 0. The van der Waals surface area contributed by atoms with Gasteiger partial charge in [0, 0.05) is 29.0 Å². The molecule has 0 radical (unpaired) electrons. The van der Waals surface area contributed by atoms with Gasteiger partial charge in [-0.25, -0.2) is 0 Å². The van der Waals surface area contributed by atoms with Crippen molar-refractivity contribution < 1.29 is 0 Å². The van der Waals surface area contributed by atoms with E-state index in [-0.39, 0.29) is 0 Å². The van der Waals surface area contributed by atoms with E-state index in [1.807, 2.05) is 24.3 Å². The average molecular weight is 252 g/mol. The second kappa shape index (κ2) is 5.75. The lowest BCUT2D eigenvalue weighted by atomic mass is 10.0. The van der Waals surface area contributed by atoms with Crippen molar-refractivity contribution in [3.05, 3.63) is 42.0 Å². The minimum Gasteiger partial charge on any atom is -0.369 e.